The summed E-state index contributed by atoms with van der Waals surface area (Å²) in [4.78, 5) is 51.8. The molecule has 12 nitrogen and oxygen atoms in total. The Morgan fingerprint density at radius 3 is 2.19 bits per heavy atom. The van der Waals surface area contributed by atoms with Crippen LogP contribution in [0.5, 0.6) is 0 Å². The summed E-state index contributed by atoms with van der Waals surface area (Å²) in [5.41, 5.74) is 3.01. The third-order valence-corrected chi connectivity index (χ3v) is 10.3. The van der Waals surface area contributed by atoms with Crippen molar-refractivity contribution in [2.75, 3.05) is 26.3 Å². The summed E-state index contributed by atoms with van der Waals surface area (Å²) in [6, 6.07) is 25.3. The Hall–Kier alpha value is -5.01. The normalized spacial score (nSPS) is 20.9. The van der Waals surface area contributed by atoms with E-state index in [1.54, 1.807) is 19.1 Å². The van der Waals surface area contributed by atoms with Crippen molar-refractivity contribution in [3.05, 3.63) is 107 Å². The van der Waals surface area contributed by atoms with Gasteiger partial charge >= 0.3 is 18.2 Å². The third-order valence-electron chi connectivity index (χ3n) is 10.3. The molecule has 2 fully saturated rings. The average molecular weight is 804 g/mol. The smallest absolute Gasteiger partial charge is 0.407 e. The van der Waals surface area contributed by atoms with E-state index in [0.717, 1.165) is 16.7 Å². The highest BCUT2D eigenvalue weighted by atomic mass is 19.1. The molecule has 0 bridgehead atoms. The fourth-order valence-corrected chi connectivity index (χ4v) is 7.61. The second-order valence-electron chi connectivity index (χ2n) is 15.4. The van der Waals surface area contributed by atoms with E-state index >= 15 is 0 Å². The molecule has 2 aliphatic rings. The molecule has 0 saturated carbocycles. The molecule has 3 aromatic rings. The number of nitrogens with one attached hydrogen (secondary N) is 3. The van der Waals surface area contributed by atoms with Crippen molar-refractivity contribution < 1.29 is 47.3 Å². The molecule has 0 aliphatic carbocycles. The molecule has 2 saturated heterocycles. The summed E-state index contributed by atoms with van der Waals surface area (Å²) >= 11 is 0. The molecule has 0 radical (unpaired) electrons. The molecule has 3 amide bonds. The third kappa shape index (κ3) is 14.1. The zero-order chi connectivity index (χ0) is 41.3. The van der Waals surface area contributed by atoms with Crippen molar-refractivity contribution in [2.24, 2.45) is 5.92 Å². The molecule has 2 aliphatic heterocycles. The number of hydrogen-bond donors (Lipinski definition) is 3. The molecule has 58 heavy (non-hydrogen) atoms. The van der Waals surface area contributed by atoms with Crippen molar-refractivity contribution in [3.63, 3.8) is 0 Å². The number of alkyl carbamates (subject to hydrolysis) is 2. The van der Waals surface area contributed by atoms with Crippen LogP contribution < -0.4 is 16.0 Å². The highest BCUT2D eigenvalue weighted by Gasteiger charge is 2.47. The lowest BCUT2D eigenvalue weighted by atomic mass is 9.90. The molecule has 2 heterocycles. The van der Waals surface area contributed by atoms with E-state index in [1.807, 2.05) is 74.5 Å². The van der Waals surface area contributed by atoms with Gasteiger partial charge in [-0.2, -0.15) is 0 Å². The number of carbonyl (C=O) groups is 4. The largest absolute Gasteiger partial charge is 0.464 e. The summed E-state index contributed by atoms with van der Waals surface area (Å²) in [6.07, 6.45) is 0.933. The zero-order valence-electron chi connectivity index (χ0n) is 33.8. The van der Waals surface area contributed by atoms with Crippen LogP contribution in [0.15, 0.2) is 84.9 Å². The van der Waals surface area contributed by atoms with Gasteiger partial charge in [0.15, 0.2) is 5.79 Å². The van der Waals surface area contributed by atoms with Gasteiger partial charge in [0.2, 0.25) is 5.91 Å². The average Bonchev–Trinajstić information content (AvgIpc) is 3.20. The van der Waals surface area contributed by atoms with Crippen LogP contribution in [-0.2, 0) is 39.7 Å². The van der Waals surface area contributed by atoms with Gasteiger partial charge in [-0.15, -0.1) is 0 Å². The number of carbonyl (C=O) groups excluding carboxylic acids is 4. The van der Waals surface area contributed by atoms with Crippen LogP contribution in [0.1, 0.15) is 94.7 Å². The zero-order valence-corrected chi connectivity index (χ0v) is 33.8. The predicted molar refractivity (Wildman–Crippen MR) is 215 cm³/mol. The summed E-state index contributed by atoms with van der Waals surface area (Å²) in [5.74, 6) is -2.17. The SMILES string of the molecule is CCOC(=O)[C@H](CC(C)C)NC(=O)CC[C@@H]1C[C@@H](OC(=O)NCCc2ccc(F)cc2)C[C@@]2(CCC[C@H](COC(=O)NCC(c3ccccc3)c3ccccc3)O2)O1. The number of rotatable bonds is 18. The Balaban J connectivity index is 1.19. The number of halogens is 1. The van der Waals surface area contributed by atoms with Crippen molar-refractivity contribution in [3.8, 4) is 0 Å². The van der Waals surface area contributed by atoms with Gasteiger partial charge in [0.1, 0.15) is 24.6 Å². The van der Waals surface area contributed by atoms with E-state index in [4.69, 9.17) is 23.7 Å². The predicted octanol–water partition coefficient (Wildman–Crippen LogP) is 7.34. The first-order valence-corrected chi connectivity index (χ1v) is 20.5. The topological polar surface area (TPSA) is 151 Å². The van der Waals surface area contributed by atoms with E-state index in [1.165, 1.54) is 12.1 Å². The van der Waals surface area contributed by atoms with E-state index in [2.05, 4.69) is 16.0 Å². The summed E-state index contributed by atoms with van der Waals surface area (Å²) < 4.78 is 43.3. The van der Waals surface area contributed by atoms with Gasteiger partial charge in [0.25, 0.3) is 0 Å². The summed E-state index contributed by atoms with van der Waals surface area (Å²) in [7, 11) is 0. The molecule has 1 spiro atoms. The maximum Gasteiger partial charge on any atom is 0.407 e. The second-order valence-corrected chi connectivity index (χ2v) is 15.4. The van der Waals surface area contributed by atoms with Crippen molar-refractivity contribution in [1.82, 2.24) is 16.0 Å². The van der Waals surface area contributed by atoms with Gasteiger partial charge in [0, 0.05) is 44.7 Å². The quantitative estimate of drug-likeness (QED) is 0.0887. The number of esters is 1. The lowest BCUT2D eigenvalue weighted by Crippen LogP contribution is -2.54. The van der Waals surface area contributed by atoms with Crippen LogP contribution >= 0.6 is 0 Å². The first kappa shape index (κ1) is 44.1. The molecule has 314 valence electrons. The summed E-state index contributed by atoms with van der Waals surface area (Å²) in [5, 5.41) is 8.53. The van der Waals surface area contributed by atoms with E-state index in [0.29, 0.717) is 45.1 Å². The fourth-order valence-electron chi connectivity index (χ4n) is 7.61. The van der Waals surface area contributed by atoms with Gasteiger partial charge < -0.3 is 39.6 Å². The van der Waals surface area contributed by atoms with Crippen LogP contribution in [-0.4, -0.2) is 80.5 Å². The van der Waals surface area contributed by atoms with Gasteiger partial charge in [-0.1, -0.05) is 86.6 Å². The lowest BCUT2D eigenvalue weighted by molar-refractivity contribution is -0.329. The van der Waals surface area contributed by atoms with Crippen LogP contribution in [0.2, 0.25) is 0 Å². The van der Waals surface area contributed by atoms with Crippen LogP contribution in [0, 0.1) is 11.7 Å². The minimum atomic E-state index is -1.14. The molecular weight excluding hydrogens is 746 g/mol. The van der Waals surface area contributed by atoms with Crippen LogP contribution in [0.3, 0.4) is 0 Å². The maximum absolute atomic E-state index is 13.3. The number of hydrogen-bond acceptors (Lipinski definition) is 9. The molecule has 0 aromatic heterocycles. The standard InChI is InChI=1S/C45H58FN3O9/c1-4-54-42(51)40(26-31(2)3)49-41(50)22-21-36-27-38(56-44(53)47-25-23-32-17-19-35(46)20-18-32)28-45(57-36)24-11-16-37(58-45)30-55-43(52)48-29-39(33-12-7-5-8-13-33)34-14-9-6-10-15-34/h5-10,12-15,17-20,31,36-40H,4,11,16,21-30H2,1-3H3,(H,47,53)(H,48,52)(H,49,50)/t36-,37-,38-,40+,45+/m1/s1. The molecule has 0 unspecified atom stereocenters. The molecule has 13 heteroatoms. The first-order chi connectivity index (χ1) is 28.0. The van der Waals surface area contributed by atoms with Crippen molar-refractivity contribution in [1.29, 1.82) is 0 Å². The maximum atomic E-state index is 13.3. The van der Waals surface area contributed by atoms with E-state index in [-0.39, 0.29) is 62.6 Å². The summed E-state index contributed by atoms with van der Waals surface area (Å²) in [6.45, 7) is 6.48. The van der Waals surface area contributed by atoms with Crippen LogP contribution in [0.25, 0.3) is 0 Å². The number of benzene rings is 3. The minimum absolute atomic E-state index is 0.00808. The van der Waals surface area contributed by atoms with Crippen LogP contribution in [0.4, 0.5) is 14.0 Å². The van der Waals surface area contributed by atoms with Crippen molar-refractivity contribution >= 4 is 24.1 Å². The Bertz CT molecular complexity index is 1710. The number of ether oxygens (including phenoxy) is 5. The van der Waals surface area contributed by atoms with Gasteiger partial charge in [-0.05, 0) is 73.8 Å². The van der Waals surface area contributed by atoms with Gasteiger partial charge in [0.05, 0.1) is 18.8 Å². The molecule has 3 N–H and O–H groups in total. The monoisotopic (exact) mass is 803 g/mol. The van der Waals surface area contributed by atoms with E-state index < -0.39 is 48.3 Å². The molecule has 5 rings (SSSR count). The first-order valence-electron chi connectivity index (χ1n) is 20.5. The Morgan fingerprint density at radius 2 is 1.53 bits per heavy atom. The Labute approximate surface area is 340 Å². The Morgan fingerprint density at radius 1 is 0.862 bits per heavy atom. The van der Waals surface area contributed by atoms with E-state index in [9.17, 15) is 23.6 Å². The molecular formula is C45H58FN3O9. The van der Waals surface area contributed by atoms with Crippen molar-refractivity contribution in [2.45, 2.75) is 115 Å². The second kappa shape index (κ2) is 22.2. The molecule has 5 atom stereocenters. The number of amides is 3. The lowest BCUT2D eigenvalue weighted by Gasteiger charge is -2.47. The highest BCUT2D eigenvalue weighted by molar-refractivity contribution is 5.84. The molecule has 3 aromatic carbocycles. The Kier molecular flexibility index (Phi) is 16.9. The fraction of sp³-hybridized carbons (Fsp3) is 0.511. The van der Waals surface area contributed by atoms with Gasteiger partial charge in [-0.25, -0.2) is 18.8 Å². The minimum Gasteiger partial charge on any atom is -0.464 e. The van der Waals surface area contributed by atoms with Gasteiger partial charge in [-0.3, -0.25) is 4.79 Å². The highest BCUT2D eigenvalue weighted by Crippen LogP contribution is 2.41.